The molecule has 1 aliphatic carbocycles. The number of aliphatic hydroxyl groups is 1. The molecule has 1 aliphatic heterocycles. The van der Waals surface area contributed by atoms with Gasteiger partial charge in [0.05, 0.1) is 11.7 Å². The van der Waals surface area contributed by atoms with Gasteiger partial charge in [-0.25, -0.2) is 0 Å². The molecule has 3 nitrogen and oxygen atoms in total. The SMILES string of the molecule is CCC(C)(O)CN1CCC(OCC2CC2)CC1. The molecular weight excluding hydrogens is 214 g/mol. The normalized spacial score (nSPS) is 27.0. The number of piperidine rings is 1. The molecule has 2 rings (SSSR count). The first-order valence-electron chi connectivity index (χ1n) is 7.15. The summed E-state index contributed by atoms with van der Waals surface area (Å²) in [4.78, 5) is 2.38. The Labute approximate surface area is 105 Å². The monoisotopic (exact) mass is 241 g/mol. The van der Waals surface area contributed by atoms with Gasteiger partial charge in [-0.15, -0.1) is 0 Å². The van der Waals surface area contributed by atoms with Gasteiger partial charge in [-0.2, -0.15) is 0 Å². The van der Waals surface area contributed by atoms with Crippen molar-refractivity contribution in [3.8, 4) is 0 Å². The van der Waals surface area contributed by atoms with Gasteiger partial charge in [-0.3, -0.25) is 0 Å². The van der Waals surface area contributed by atoms with Crippen molar-refractivity contribution in [2.45, 2.75) is 57.7 Å². The Morgan fingerprint density at radius 3 is 2.41 bits per heavy atom. The quantitative estimate of drug-likeness (QED) is 0.772. The molecule has 2 fully saturated rings. The van der Waals surface area contributed by atoms with Crippen LogP contribution in [0.4, 0.5) is 0 Å². The predicted molar refractivity (Wildman–Crippen MR) is 69.1 cm³/mol. The van der Waals surface area contributed by atoms with Crippen LogP contribution in [0, 0.1) is 5.92 Å². The molecule has 1 heterocycles. The van der Waals surface area contributed by atoms with Crippen molar-refractivity contribution >= 4 is 0 Å². The second kappa shape index (κ2) is 5.68. The average molecular weight is 241 g/mol. The summed E-state index contributed by atoms with van der Waals surface area (Å²) < 4.78 is 5.92. The van der Waals surface area contributed by atoms with Gasteiger partial charge in [0, 0.05) is 26.2 Å². The van der Waals surface area contributed by atoms with E-state index in [4.69, 9.17) is 4.74 Å². The highest BCUT2D eigenvalue weighted by atomic mass is 16.5. The van der Waals surface area contributed by atoms with Crippen LogP contribution in [-0.2, 0) is 4.74 Å². The molecule has 0 amide bonds. The van der Waals surface area contributed by atoms with E-state index in [1.165, 1.54) is 12.8 Å². The molecule has 3 heteroatoms. The maximum Gasteiger partial charge on any atom is 0.0743 e. The van der Waals surface area contributed by atoms with Gasteiger partial charge in [0.1, 0.15) is 0 Å². The molecule has 1 saturated heterocycles. The Bertz CT molecular complexity index is 230. The summed E-state index contributed by atoms with van der Waals surface area (Å²) in [5, 5.41) is 10.1. The summed E-state index contributed by atoms with van der Waals surface area (Å²) in [7, 11) is 0. The molecule has 1 N–H and O–H groups in total. The Hall–Kier alpha value is -0.120. The highest BCUT2D eigenvalue weighted by molar-refractivity contribution is 4.81. The van der Waals surface area contributed by atoms with Crippen molar-refractivity contribution in [2.75, 3.05) is 26.2 Å². The minimum absolute atomic E-state index is 0.471. The highest BCUT2D eigenvalue weighted by Crippen LogP contribution is 2.30. The van der Waals surface area contributed by atoms with Crippen molar-refractivity contribution in [1.29, 1.82) is 0 Å². The molecule has 0 aromatic heterocycles. The van der Waals surface area contributed by atoms with Crippen molar-refractivity contribution in [3.63, 3.8) is 0 Å². The Morgan fingerprint density at radius 1 is 1.24 bits per heavy atom. The second-order valence-corrected chi connectivity index (χ2v) is 6.10. The summed E-state index contributed by atoms with van der Waals surface area (Å²) in [6.45, 7) is 7.92. The van der Waals surface area contributed by atoms with Gasteiger partial charge in [0.2, 0.25) is 0 Å². The molecule has 17 heavy (non-hydrogen) atoms. The van der Waals surface area contributed by atoms with E-state index in [0.29, 0.717) is 6.10 Å². The largest absolute Gasteiger partial charge is 0.389 e. The van der Waals surface area contributed by atoms with Crippen LogP contribution in [0.15, 0.2) is 0 Å². The van der Waals surface area contributed by atoms with Gasteiger partial charge < -0.3 is 14.7 Å². The minimum Gasteiger partial charge on any atom is -0.389 e. The smallest absolute Gasteiger partial charge is 0.0743 e. The Kier molecular flexibility index (Phi) is 4.45. The first kappa shape index (κ1) is 13.3. The molecule has 0 radical (unpaired) electrons. The van der Waals surface area contributed by atoms with Gasteiger partial charge in [-0.05, 0) is 44.9 Å². The van der Waals surface area contributed by atoms with Crippen LogP contribution in [0.5, 0.6) is 0 Å². The van der Waals surface area contributed by atoms with Crippen molar-refractivity contribution < 1.29 is 9.84 Å². The van der Waals surface area contributed by atoms with Crippen molar-refractivity contribution in [1.82, 2.24) is 4.90 Å². The van der Waals surface area contributed by atoms with Crippen LogP contribution < -0.4 is 0 Å². The van der Waals surface area contributed by atoms with Crippen LogP contribution in [0.1, 0.15) is 46.0 Å². The van der Waals surface area contributed by atoms with Crippen molar-refractivity contribution in [2.24, 2.45) is 5.92 Å². The van der Waals surface area contributed by atoms with Crippen LogP contribution in [0.2, 0.25) is 0 Å². The van der Waals surface area contributed by atoms with E-state index in [-0.39, 0.29) is 0 Å². The maximum atomic E-state index is 10.1. The molecule has 0 aromatic rings. The maximum absolute atomic E-state index is 10.1. The van der Waals surface area contributed by atoms with E-state index in [1.807, 2.05) is 13.8 Å². The van der Waals surface area contributed by atoms with Crippen molar-refractivity contribution in [3.05, 3.63) is 0 Å². The third-order valence-corrected chi connectivity index (χ3v) is 4.13. The zero-order valence-corrected chi connectivity index (χ0v) is 11.3. The molecule has 2 aliphatic rings. The van der Waals surface area contributed by atoms with Crippen LogP contribution in [0.25, 0.3) is 0 Å². The molecule has 100 valence electrons. The van der Waals surface area contributed by atoms with E-state index < -0.39 is 5.60 Å². The number of likely N-dealkylation sites (tertiary alicyclic amines) is 1. The molecule has 1 unspecified atom stereocenters. The number of ether oxygens (including phenoxy) is 1. The third-order valence-electron chi connectivity index (χ3n) is 4.13. The summed E-state index contributed by atoms with van der Waals surface area (Å²) in [6, 6.07) is 0. The molecular formula is C14H27NO2. The number of rotatable bonds is 6. The standard InChI is InChI=1S/C14H27NO2/c1-3-14(2,16)11-15-8-6-13(7-9-15)17-10-12-4-5-12/h12-13,16H,3-11H2,1-2H3. The summed E-state index contributed by atoms with van der Waals surface area (Å²) in [6.07, 6.45) is 6.30. The molecule has 1 atom stereocenters. The Morgan fingerprint density at radius 2 is 1.88 bits per heavy atom. The lowest BCUT2D eigenvalue weighted by Crippen LogP contribution is -2.45. The Balaban J connectivity index is 1.63. The van der Waals surface area contributed by atoms with Gasteiger partial charge >= 0.3 is 0 Å². The minimum atomic E-state index is -0.526. The highest BCUT2D eigenvalue weighted by Gasteiger charge is 2.28. The van der Waals surface area contributed by atoms with Crippen LogP contribution in [-0.4, -0.2) is 48.0 Å². The van der Waals surface area contributed by atoms with E-state index in [2.05, 4.69) is 4.90 Å². The van der Waals surface area contributed by atoms with Gasteiger partial charge in [-0.1, -0.05) is 6.92 Å². The molecule has 0 aromatic carbocycles. The summed E-state index contributed by atoms with van der Waals surface area (Å²) >= 11 is 0. The third kappa shape index (κ3) is 4.57. The van der Waals surface area contributed by atoms with Crippen LogP contribution >= 0.6 is 0 Å². The lowest BCUT2D eigenvalue weighted by molar-refractivity contribution is -0.0278. The fourth-order valence-electron chi connectivity index (χ4n) is 2.38. The van der Waals surface area contributed by atoms with Gasteiger partial charge in [0.25, 0.3) is 0 Å². The number of nitrogens with zero attached hydrogens (tertiary/aromatic N) is 1. The van der Waals surface area contributed by atoms with E-state index in [0.717, 1.165) is 51.4 Å². The topological polar surface area (TPSA) is 32.7 Å². The lowest BCUT2D eigenvalue weighted by atomic mass is 10.0. The second-order valence-electron chi connectivity index (χ2n) is 6.10. The number of β-amino-alcohol motifs (C(OH)–C–C–N with tert-alkyl or cyclic N) is 1. The summed E-state index contributed by atoms with van der Waals surface area (Å²) in [5.74, 6) is 0.869. The van der Waals surface area contributed by atoms with Gasteiger partial charge in [0.15, 0.2) is 0 Å². The first-order valence-corrected chi connectivity index (χ1v) is 7.15. The lowest BCUT2D eigenvalue weighted by Gasteiger charge is -2.36. The number of hydrogen-bond acceptors (Lipinski definition) is 3. The zero-order chi connectivity index (χ0) is 12.3. The fourth-order valence-corrected chi connectivity index (χ4v) is 2.38. The molecule has 0 bridgehead atoms. The predicted octanol–water partition coefficient (Wildman–Crippen LogP) is 2.04. The van der Waals surface area contributed by atoms with Crippen LogP contribution in [0.3, 0.4) is 0 Å². The summed E-state index contributed by atoms with van der Waals surface area (Å²) in [5.41, 5.74) is -0.526. The fraction of sp³-hybridized carbons (Fsp3) is 1.00. The number of hydrogen-bond donors (Lipinski definition) is 1. The van der Waals surface area contributed by atoms with E-state index in [1.54, 1.807) is 0 Å². The molecule has 0 spiro atoms. The first-order chi connectivity index (χ1) is 8.09. The van der Waals surface area contributed by atoms with E-state index >= 15 is 0 Å². The van der Waals surface area contributed by atoms with E-state index in [9.17, 15) is 5.11 Å². The average Bonchev–Trinajstić information content (AvgIpc) is 3.12. The molecule has 1 saturated carbocycles. The zero-order valence-electron chi connectivity index (χ0n) is 11.3.